The van der Waals surface area contributed by atoms with Crippen LogP contribution in [-0.2, 0) is 9.53 Å². The van der Waals surface area contributed by atoms with Gasteiger partial charge in [0.15, 0.2) is 18.1 Å². The second-order valence-corrected chi connectivity index (χ2v) is 8.65. The molecule has 9 heteroatoms. The van der Waals surface area contributed by atoms with E-state index >= 15 is 0 Å². The van der Waals surface area contributed by atoms with Gasteiger partial charge in [0.05, 0.1) is 25.3 Å². The summed E-state index contributed by atoms with van der Waals surface area (Å²) in [5, 5.41) is 4.95. The number of carbonyl (C=O) groups excluding carboxylic acids is 2. The highest BCUT2D eigenvalue weighted by molar-refractivity contribution is 9.10. The van der Waals surface area contributed by atoms with Gasteiger partial charge in [-0.05, 0) is 65.2 Å². The molecule has 1 heterocycles. The summed E-state index contributed by atoms with van der Waals surface area (Å²) < 4.78 is 22.3. The van der Waals surface area contributed by atoms with Crippen LogP contribution in [0.1, 0.15) is 22.8 Å². The zero-order valence-corrected chi connectivity index (χ0v) is 21.1. The largest absolute Gasteiger partial charge is 0.493 e. The van der Waals surface area contributed by atoms with E-state index in [-0.39, 0.29) is 18.8 Å². The van der Waals surface area contributed by atoms with E-state index in [1.807, 2.05) is 25.1 Å². The van der Waals surface area contributed by atoms with Gasteiger partial charge in [-0.2, -0.15) is 0 Å². The van der Waals surface area contributed by atoms with Crippen molar-refractivity contribution in [1.82, 2.24) is 0 Å². The number of hydrogen-bond acceptors (Lipinski definition) is 7. The topological polar surface area (TPSA) is 83.1 Å². The van der Waals surface area contributed by atoms with Crippen LogP contribution in [0.4, 0.5) is 5.00 Å². The summed E-state index contributed by atoms with van der Waals surface area (Å²) in [4.78, 5) is 25.4. The summed E-state index contributed by atoms with van der Waals surface area (Å²) >= 11 is 4.66. The Morgan fingerprint density at radius 1 is 1.03 bits per heavy atom. The fourth-order valence-corrected chi connectivity index (χ4v) is 4.68. The number of thiophene rings is 1. The molecule has 0 aliphatic carbocycles. The van der Waals surface area contributed by atoms with Gasteiger partial charge in [0.2, 0.25) is 0 Å². The average molecular weight is 534 g/mol. The van der Waals surface area contributed by atoms with E-state index in [1.165, 1.54) is 11.3 Å². The minimum absolute atomic E-state index is 0.206. The molecular weight excluding hydrogens is 510 g/mol. The molecule has 174 valence electrons. The van der Waals surface area contributed by atoms with Crippen LogP contribution in [0, 0.1) is 6.92 Å². The van der Waals surface area contributed by atoms with E-state index in [2.05, 4.69) is 21.2 Å². The zero-order chi connectivity index (χ0) is 24.0. The maximum atomic E-state index is 12.8. The van der Waals surface area contributed by atoms with E-state index in [9.17, 15) is 9.59 Å². The summed E-state index contributed by atoms with van der Waals surface area (Å²) in [6, 6.07) is 10.9. The Labute approximate surface area is 204 Å². The van der Waals surface area contributed by atoms with Gasteiger partial charge in [0.1, 0.15) is 16.3 Å². The van der Waals surface area contributed by atoms with Gasteiger partial charge in [-0.1, -0.05) is 12.1 Å². The van der Waals surface area contributed by atoms with Gasteiger partial charge < -0.3 is 24.3 Å². The molecule has 0 saturated carbocycles. The molecule has 0 unspecified atom stereocenters. The summed E-state index contributed by atoms with van der Waals surface area (Å²) in [5.74, 6) is 0.731. The van der Waals surface area contributed by atoms with E-state index in [0.29, 0.717) is 27.8 Å². The summed E-state index contributed by atoms with van der Waals surface area (Å²) in [7, 11) is 3.09. The third kappa shape index (κ3) is 5.85. The number of rotatable bonds is 9. The smallest absolute Gasteiger partial charge is 0.341 e. The van der Waals surface area contributed by atoms with Gasteiger partial charge in [0.25, 0.3) is 5.91 Å². The molecule has 3 aromatic rings. The van der Waals surface area contributed by atoms with Crippen molar-refractivity contribution < 1.29 is 28.5 Å². The van der Waals surface area contributed by atoms with E-state index in [0.717, 1.165) is 15.6 Å². The van der Waals surface area contributed by atoms with Crippen LogP contribution in [0.5, 0.6) is 17.2 Å². The van der Waals surface area contributed by atoms with Crippen LogP contribution in [0.25, 0.3) is 11.1 Å². The van der Waals surface area contributed by atoms with Crippen molar-refractivity contribution in [3.8, 4) is 28.4 Å². The number of anilines is 1. The van der Waals surface area contributed by atoms with Gasteiger partial charge in [-0.15, -0.1) is 11.3 Å². The number of nitrogens with one attached hydrogen (secondary N) is 1. The Balaban J connectivity index is 1.85. The highest BCUT2D eigenvalue weighted by Crippen LogP contribution is 2.39. The van der Waals surface area contributed by atoms with E-state index in [4.69, 9.17) is 18.9 Å². The Morgan fingerprint density at radius 3 is 2.42 bits per heavy atom. The van der Waals surface area contributed by atoms with Crippen molar-refractivity contribution in [2.24, 2.45) is 0 Å². The molecule has 2 aromatic carbocycles. The number of methoxy groups -OCH3 is 2. The third-order valence-corrected chi connectivity index (χ3v) is 6.18. The summed E-state index contributed by atoms with van der Waals surface area (Å²) in [6.45, 7) is 3.68. The Hall–Kier alpha value is -3.04. The van der Waals surface area contributed by atoms with Crippen molar-refractivity contribution >= 4 is 44.1 Å². The highest BCUT2D eigenvalue weighted by Gasteiger charge is 2.24. The third-order valence-electron chi connectivity index (χ3n) is 4.66. The molecule has 1 N–H and O–H groups in total. The standard InChI is InChI=1S/C24H24BrNO6S/c1-5-31-24(28)22-16(15-7-9-19(29-3)20(11-15)30-4)13-33-23(22)26-21(27)12-32-18-8-6-14(2)10-17(18)25/h6-11,13H,5,12H2,1-4H3,(H,26,27). The molecule has 0 aliphatic heterocycles. The normalized spacial score (nSPS) is 10.5. The molecule has 33 heavy (non-hydrogen) atoms. The predicted molar refractivity (Wildman–Crippen MR) is 132 cm³/mol. The number of halogens is 1. The van der Waals surface area contributed by atoms with Gasteiger partial charge in [-0.25, -0.2) is 4.79 Å². The van der Waals surface area contributed by atoms with Crippen molar-refractivity contribution in [2.75, 3.05) is 32.8 Å². The maximum Gasteiger partial charge on any atom is 0.341 e. The van der Waals surface area contributed by atoms with E-state index < -0.39 is 11.9 Å². The SMILES string of the molecule is CCOC(=O)c1c(-c2ccc(OC)c(OC)c2)csc1NC(=O)COc1ccc(C)cc1Br. The minimum Gasteiger partial charge on any atom is -0.493 e. The van der Waals surface area contributed by atoms with Crippen molar-refractivity contribution in [3.05, 3.63) is 57.4 Å². The zero-order valence-electron chi connectivity index (χ0n) is 18.7. The summed E-state index contributed by atoms with van der Waals surface area (Å²) in [5.41, 5.74) is 2.70. The second-order valence-electron chi connectivity index (χ2n) is 6.91. The van der Waals surface area contributed by atoms with Crippen LogP contribution < -0.4 is 19.5 Å². The van der Waals surface area contributed by atoms with E-state index in [1.54, 1.807) is 44.7 Å². The second kappa shape index (κ2) is 11.2. The van der Waals surface area contributed by atoms with Gasteiger partial charge in [0, 0.05) is 10.9 Å². The molecule has 0 saturated heterocycles. The minimum atomic E-state index is -0.527. The lowest BCUT2D eigenvalue weighted by Gasteiger charge is -2.12. The molecule has 0 aliphatic rings. The number of amides is 1. The van der Waals surface area contributed by atoms with Crippen LogP contribution in [0.3, 0.4) is 0 Å². The number of carbonyl (C=O) groups is 2. The molecule has 0 atom stereocenters. The predicted octanol–water partition coefficient (Wildman–Crippen LogP) is 5.70. The van der Waals surface area contributed by atoms with Crippen LogP contribution in [-0.4, -0.2) is 39.3 Å². The number of ether oxygens (including phenoxy) is 4. The average Bonchev–Trinajstić information content (AvgIpc) is 3.21. The molecule has 0 radical (unpaired) electrons. The lowest BCUT2D eigenvalue weighted by molar-refractivity contribution is -0.118. The van der Waals surface area contributed by atoms with Crippen LogP contribution in [0.2, 0.25) is 0 Å². The lowest BCUT2D eigenvalue weighted by Crippen LogP contribution is -2.21. The highest BCUT2D eigenvalue weighted by atomic mass is 79.9. The lowest BCUT2D eigenvalue weighted by atomic mass is 10.0. The Kier molecular flexibility index (Phi) is 8.35. The molecule has 1 aromatic heterocycles. The Morgan fingerprint density at radius 2 is 1.76 bits per heavy atom. The van der Waals surface area contributed by atoms with Crippen molar-refractivity contribution in [3.63, 3.8) is 0 Å². The summed E-state index contributed by atoms with van der Waals surface area (Å²) in [6.07, 6.45) is 0. The fourth-order valence-electron chi connectivity index (χ4n) is 3.10. The molecule has 0 spiro atoms. The first kappa shape index (κ1) is 24.6. The van der Waals surface area contributed by atoms with Gasteiger partial charge >= 0.3 is 5.97 Å². The molecular formula is C24H24BrNO6S. The van der Waals surface area contributed by atoms with Crippen molar-refractivity contribution in [2.45, 2.75) is 13.8 Å². The first-order valence-corrected chi connectivity index (χ1v) is 11.7. The molecule has 1 amide bonds. The maximum absolute atomic E-state index is 12.8. The Bertz CT molecular complexity index is 1160. The number of aryl methyl sites for hydroxylation is 1. The molecule has 3 rings (SSSR count). The van der Waals surface area contributed by atoms with Crippen LogP contribution >= 0.6 is 27.3 Å². The van der Waals surface area contributed by atoms with Crippen molar-refractivity contribution in [1.29, 1.82) is 0 Å². The van der Waals surface area contributed by atoms with Crippen LogP contribution in [0.15, 0.2) is 46.3 Å². The molecule has 0 fully saturated rings. The first-order valence-electron chi connectivity index (χ1n) is 10.1. The molecule has 7 nitrogen and oxygen atoms in total. The molecule has 0 bridgehead atoms. The quantitative estimate of drug-likeness (QED) is 0.355. The number of esters is 1. The number of hydrogen-bond donors (Lipinski definition) is 1. The fraction of sp³-hybridized carbons (Fsp3) is 0.250. The monoisotopic (exact) mass is 533 g/mol. The first-order chi connectivity index (χ1) is 15.9. The van der Waals surface area contributed by atoms with Gasteiger partial charge in [-0.3, -0.25) is 4.79 Å². The number of benzene rings is 2.